The fraction of sp³-hybridized carbons (Fsp3) is 0.571. The summed E-state index contributed by atoms with van der Waals surface area (Å²) in [7, 11) is -2.25. The van der Waals surface area contributed by atoms with Crippen molar-refractivity contribution < 1.29 is 23.0 Å². The lowest BCUT2D eigenvalue weighted by molar-refractivity contribution is 0.129. The second-order valence-corrected chi connectivity index (χ2v) is 6.79. The Morgan fingerprint density at radius 1 is 1.38 bits per heavy atom. The van der Waals surface area contributed by atoms with E-state index in [9.17, 15) is 8.42 Å². The van der Waals surface area contributed by atoms with Crippen LogP contribution in [0.25, 0.3) is 0 Å². The van der Waals surface area contributed by atoms with Gasteiger partial charge in [-0.25, -0.2) is 13.1 Å². The summed E-state index contributed by atoms with van der Waals surface area (Å²) in [6.45, 7) is 1.11. The van der Waals surface area contributed by atoms with Crippen molar-refractivity contribution in [1.82, 2.24) is 4.72 Å². The Hall–Kier alpha value is -1.15. The Balaban J connectivity index is 1.93. The monoisotopic (exact) mass is 315 g/mol. The molecule has 118 valence electrons. The van der Waals surface area contributed by atoms with E-state index in [2.05, 4.69) is 4.72 Å². The van der Waals surface area contributed by atoms with Gasteiger partial charge in [0.05, 0.1) is 20.3 Å². The highest BCUT2D eigenvalue weighted by molar-refractivity contribution is 7.89. The summed E-state index contributed by atoms with van der Waals surface area (Å²) in [5.74, 6) is 0.876. The molecule has 0 spiro atoms. The van der Waals surface area contributed by atoms with E-state index in [4.69, 9.17) is 14.6 Å². The Morgan fingerprint density at radius 3 is 2.76 bits per heavy atom. The quantitative estimate of drug-likeness (QED) is 0.661. The summed E-state index contributed by atoms with van der Waals surface area (Å²) in [6, 6.07) is 4.50. The van der Waals surface area contributed by atoms with Gasteiger partial charge in [0, 0.05) is 13.2 Å². The molecule has 0 atom stereocenters. The molecule has 1 aromatic rings. The van der Waals surface area contributed by atoms with Gasteiger partial charge in [0.25, 0.3) is 0 Å². The molecule has 0 radical (unpaired) electrons. The Labute approximate surface area is 125 Å². The predicted octanol–water partition coefficient (Wildman–Crippen LogP) is 0.892. The Morgan fingerprint density at radius 2 is 2.14 bits per heavy atom. The topological polar surface area (TPSA) is 84.9 Å². The van der Waals surface area contributed by atoms with Crippen LogP contribution >= 0.6 is 0 Å². The highest BCUT2D eigenvalue weighted by Crippen LogP contribution is 2.28. The second-order valence-electron chi connectivity index (χ2n) is 5.06. The maximum atomic E-state index is 12.2. The van der Waals surface area contributed by atoms with Crippen molar-refractivity contribution in [3.63, 3.8) is 0 Å². The first-order chi connectivity index (χ1) is 10.1. The van der Waals surface area contributed by atoms with Crippen LogP contribution in [0, 0.1) is 5.92 Å². The molecule has 6 nitrogen and oxygen atoms in total. The SMILES string of the molecule is COc1cc(CO)ccc1S(=O)(=O)NCCOCC1CC1. The number of benzene rings is 1. The zero-order valence-corrected chi connectivity index (χ0v) is 12.9. The molecule has 21 heavy (non-hydrogen) atoms. The van der Waals surface area contributed by atoms with Crippen molar-refractivity contribution in [2.24, 2.45) is 5.92 Å². The number of aliphatic hydroxyl groups excluding tert-OH is 1. The number of hydrogen-bond donors (Lipinski definition) is 2. The lowest BCUT2D eigenvalue weighted by Crippen LogP contribution is -2.28. The molecule has 0 heterocycles. The van der Waals surface area contributed by atoms with E-state index >= 15 is 0 Å². The predicted molar refractivity (Wildman–Crippen MR) is 77.6 cm³/mol. The summed E-state index contributed by atoms with van der Waals surface area (Å²) in [6.07, 6.45) is 2.42. The maximum Gasteiger partial charge on any atom is 0.244 e. The number of sulfonamides is 1. The number of nitrogens with one attached hydrogen (secondary N) is 1. The van der Waals surface area contributed by atoms with Crippen LogP contribution in [0.5, 0.6) is 5.75 Å². The van der Waals surface area contributed by atoms with Crippen molar-refractivity contribution in [3.8, 4) is 5.75 Å². The maximum absolute atomic E-state index is 12.2. The van der Waals surface area contributed by atoms with Gasteiger partial charge >= 0.3 is 0 Å². The first-order valence-electron chi connectivity index (χ1n) is 6.92. The largest absolute Gasteiger partial charge is 0.495 e. The number of hydrogen-bond acceptors (Lipinski definition) is 5. The second kappa shape index (κ2) is 7.22. The molecule has 2 rings (SSSR count). The minimum atomic E-state index is -3.65. The first-order valence-corrected chi connectivity index (χ1v) is 8.40. The Bertz CT molecular complexity index is 569. The van der Waals surface area contributed by atoms with E-state index < -0.39 is 10.0 Å². The summed E-state index contributed by atoms with van der Waals surface area (Å²) in [5.41, 5.74) is 0.596. The number of ether oxygens (including phenoxy) is 2. The van der Waals surface area contributed by atoms with Crippen molar-refractivity contribution in [2.45, 2.75) is 24.3 Å². The number of aliphatic hydroxyl groups is 1. The van der Waals surface area contributed by atoms with Crippen LogP contribution in [0.3, 0.4) is 0 Å². The molecule has 1 aliphatic rings. The molecule has 1 aromatic carbocycles. The van der Waals surface area contributed by atoms with Crippen LogP contribution in [0.2, 0.25) is 0 Å². The van der Waals surface area contributed by atoms with Gasteiger partial charge in [-0.05, 0) is 36.5 Å². The van der Waals surface area contributed by atoms with E-state index in [1.807, 2.05) is 0 Å². The van der Waals surface area contributed by atoms with Gasteiger partial charge in [-0.1, -0.05) is 6.07 Å². The molecule has 1 fully saturated rings. The van der Waals surface area contributed by atoms with Gasteiger partial charge in [0.2, 0.25) is 10.0 Å². The van der Waals surface area contributed by atoms with Gasteiger partial charge < -0.3 is 14.6 Å². The van der Waals surface area contributed by atoms with Gasteiger partial charge in [-0.3, -0.25) is 0 Å². The summed E-state index contributed by atoms with van der Waals surface area (Å²) in [4.78, 5) is 0.0596. The molecule has 0 aromatic heterocycles. The van der Waals surface area contributed by atoms with Crippen molar-refractivity contribution in [1.29, 1.82) is 0 Å². The molecule has 0 unspecified atom stereocenters. The number of methoxy groups -OCH3 is 1. The van der Waals surface area contributed by atoms with Crippen LogP contribution in [-0.4, -0.2) is 40.4 Å². The van der Waals surface area contributed by atoms with Gasteiger partial charge in [0.1, 0.15) is 10.6 Å². The highest BCUT2D eigenvalue weighted by Gasteiger charge is 2.22. The normalized spacial score (nSPS) is 15.1. The van der Waals surface area contributed by atoms with Gasteiger partial charge in [0.15, 0.2) is 0 Å². The molecule has 0 bridgehead atoms. The molecule has 7 heteroatoms. The van der Waals surface area contributed by atoms with Crippen LogP contribution in [0.1, 0.15) is 18.4 Å². The zero-order chi connectivity index (χ0) is 15.3. The third-order valence-corrected chi connectivity index (χ3v) is 4.79. The van der Waals surface area contributed by atoms with Crippen LogP contribution in [-0.2, 0) is 21.4 Å². The molecule has 2 N–H and O–H groups in total. The summed E-state index contributed by atoms with van der Waals surface area (Å²) < 4.78 is 37.4. The fourth-order valence-corrected chi connectivity index (χ4v) is 3.05. The first kappa shape index (κ1) is 16.2. The lowest BCUT2D eigenvalue weighted by atomic mass is 10.2. The third-order valence-electron chi connectivity index (χ3n) is 3.29. The summed E-state index contributed by atoms with van der Waals surface area (Å²) >= 11 is 0. The van der Waals surface area contributed by atoms with E-state index in [1.54, 1.807) is 6.07 Å². The van der Waals surface area contributed by atoms with Crippen LogP contribution < -0.4 is 9.46 Å². The molecular formula is C14H21NO5S. The zero-order valence-electron chi connectivity index (χ0n) is 12.0. The van der Waals surface area contributed by atoms with Crippen LogP contribution in [0.15, 0.2) is 23.1 Å². The van der Waals surface area contributed by atoms with Crippen molar-refractivity contribution in [2.75, 3.05) is 26.9 Å². The smallest absolute Gasteiger partial charge is 0.244 e. The standard InChI is InChI=1S/C14H21NO5S/c1-19-13-8-12(9-16)4-5-14(13)21(17,18)15-6-7-20-10-11-2-3-11/h4-5,8,11,15-16H,2-3,6-7,9-10H2,1H3. The third kappa shape index (κ3) is 4.67. The number of rotatable bonds is 9. The van der Waals surface area contributed by atoms with Gasteiger partial charge in [-0.15, -0.1) is 0 Å². The van der Waals surface area contributed by atoms with E-state index in [0.717, 1.165) is 0 Å². The van der Waals surface area contributed by atoms with E-state index in [-0.39, 0.29) is 23.8 Å². The summed E-state index contributed by atoms with van der Waals surface area (Å²) in [5, 5.41) is 9.06. The van der Waals surface area contributed by atoms with Crippen molar-refractivity contribution >= 4 is 10.0 Å². The average molecular weight is 315 g/mol. The van der Waals surface area contributed by atoms with Crippen molar-refractivity contribution in [3.05, 3.63) is 23.8 Å². The van der Waals surface area contributed by atoms with E-state index in [0.29, 0.717) is 24.7 Å². The Kier molecular flexibility index (Phi) is 5.58. The molecule has 1 aliphatic carbocycles. The van der Waals surface area contributed by atoms with E-state index in [1.165, 1.54) is 32.1 Å². The highest BCUT2D eigenvalue weighted by atomic mass is 32.2. The fourth-order valence-electron chi connectivity index (χ4n) is 1.89. The molecule has 0 saturated heterocycles. The molecular weight excluding hydrogens is 294 g/mol. The average Bonchev–Trinajstić information content (AvgIpc) is 3.30. The van der Waals surface area contributed by atoms with Crippen LogP contribution in [0.4, 0.5) is 0 Å². The van der Waals surface area contributed by atoms with Gasteiger partial charge in [-0.2, -0.15) is 0 Å². The minimum absolute atomic E-state index is 0.0596. The molecule has 0 amide bonds. The lowest BCUT2D eigenvalue weighted by Gasteiger charge is -2.12. The molecule has 1 saturated carbocycles. The molecule has 0 aliphatic heterocycles. The minimum Gasteiger partial charge on any atom is -0.495 e.